The zero-order valence-corrected chi connectivity index (χ0v) is 21.6. The summed E-state index contributed by atoms with van der Waals surface area (Å²) in [5.41, 5.74) is -0.725. The molecule has 192 valence electrons. The Hall–Kier alpha value is -0.200. The monoisotopic (exact) mass is 458 g/mol. The number of ether oxygens (including phenoxy) is 1. The zero-order valence-electron chi connectivity index (χ0n) is 21.6. The van der Waals surface area contributed by atoms with E-state index in [-0.39, 0.29) is 12.7 Å². The molecule has 1 heterocycles. The number of rotatable bonds is 20. The molecule has 0 aliphatic carbocycles. The third kappa shape index (κ3) is 14.1. The summed E-state index contributed by atoms with van der Waals surface area (Å²) in [6, 6.07) is 0. The van der Waals surface area contributed by atoms with E-state index in [9.17, 15) is 15.3 Å². The van der Waals surface area contributed by atoms with Crippen LogP contribution in [0.15, 0.2) is 0 Å². The predicted molar refractivity (Wildman–Crippen MR) is 132 cm³/mol. The minimum atomic E-state index is -0.725. The molecule has 0 spiro atoms. The quantitative estimate of drug-likeness (QED) is 0.188. The fraction of sp³-hybridized carbons (Fsp3) is 1.00. The van der Waals surface area contributed by atoms with E-state index >= 15 is 0 Å². The van der Waals surface area contributed by atoms with Crippen molar-refractivity contribution in [2.24, 2.45) is 17.8 Å². The molecular formula is C27H54O5. The van der Waals surface area contributed by atoms with Gasteiger partial charge in [0.1, 0.15) is 0 Å². The average molecular weight is 459 g/mol. The standard InChI is InChI=1S/C27H54O5/c1-6-23(29)19-26-25(32-26)18-22(4)10-7-9-20(2)17-21(3)11-8-14-27(5,31)15-12-24(30)13-16-28/h20-26,28-31H,6-19H2,1-5H3. The van der Waals surface area contributed by atoms with Crippen LogP contribution in [0.2, 0.25) is 0 Å². The topological polar surface area (TPSA) is 93.5 Å². The summed E-state index contributed by atoms with van der Waals surface area (Å²) in [5, 5.41) is 38.9. The summed E-state index contributed by atoms with van der Waals surface area (Å²) in [6.45, 7) is 10.9. The van der Waals surface area contributed by atoms with Gasteiger partial charge in [0.2, 0.25) is 0 Å². The van der Waals surface area contributed by atoms with Crippen molar-refractivity contribution in [1.82, 2.24) is 0 Å². The Morgan fingerprint density at radius 2 is 1.38 bits per heavy atom. The molecule has 0 aromatic rings. The minimum Gasteiger partial charge on any atom is -0.396 e. The summed E-state index contributed by atoms with van der Waals surface area (Å²) < 4.78 is 5.74. The minimum absolute atomic E-state index is 0.00260. The Bertz CT molecular complexity index is 469. The number of epoxide rings is 1. The fourth-order valence-electron chi connectivity index (χ4n) is 5.01. The summed E-state index contributed by atoms with van der Waals surface area (Å²) in [5.74, 6) is 2.09. The maximum atomic E-state index is 10.5. The molecule has 0 aromatic heterocycles. The largest absolute Gasteiger partial charge is 0.396 e. The first-order chi connectivity index (χ1) is 15.1. The van der Waals surface area contributed by atoms with Crippen LogP contribution in [0.1, 0.15) is 118 Å². The van der Waals surface area contributed by atoms with Crippen LogP contribution in [0.4, 0.5) is 0 Å². The zero-order chi connectivity index (χ0) is 24.1. The van der Waals surface area contributed by atoms with Crippen molar-refractivity contribution in [2.75, 3.05) is 6.61 Å². The lowest BCUT2D eigenvalue weighted by Crippen LogP contribution is -2.26. The molecule has 8 unspecified atom stereocenters. The number of hydrogen-bond acceptors (Lipinski definition) is 5. The van der Waals surface area contributed by atoms with Crippen LogP contribution >= 0.6 is 0 Å². The fourth-order valence-corrected chi connectivity index (χ4v) is 5.01. The van der Waals surface area contributed by atoms with Crippen LogP contribution in [0.3, 0.4) is 0 Å². The smallest absolute Gasteiger partial charge is 0.0866 e. The van der Waals surface area contributed by atoms with Crippen LogP contribution in [0.25, 0.3) is 0 Å². The van der Waals surface area contributed by atoms with E-state index in [0.29, 0.717) is 43.3 Å². The first-order valence-corrected chi connectivity index (χ1v) is 13.4. The highest BCUT2D eigenvalue weighted by molar-refractivity contribution is 4.87. The molecule has 0 bridgehead atoms. The number of hydrogen-bond donors (Lipinski definition) is 4. The van der Waals surface area contributed by atoms with E-state index in [0.717, 1.165) is 44.4 Å². The van der Waals surface area contributed by atoms with Crippen molar-refractivity contribution >= 4 is 0 Å². The van der Waals surface area contributed by atoms with E-state index in [2.05, 4.69) is 20.8 Å². The van der Waals surface area contributed by atoms with Gasteiger partial charge in [-0.3, -0.25) is 0 Å². The highest BCUT2D eigenvalue weighted by Gasteiger charge is 2.40. The van der Waals surface area contributed by atoms with Crippen LogP contribution in [0, 0.1) is 17.8 Å². The second-order valence-corrected chi connectivity index (χ2v) is 11.3. The Morgan fingerprint density at radius 1 is 0.781 bits per heavy atom. The lowest BCUT2D eigenvalue weighted by atomic mass is 9.86. The highest BCUT2D eigenvalue weighted by Crippen LogP contribution is 2.34. The maximum absolute atomic E-state index is 10.5. The van der Waals surface area contributed by atoms with E-state index in [1.165, 1.54) is 25.7 Å². The van der Waals surface area contributed by atoms with Gasteiger partial charge in [-0.05, 0) is 69.6 Å². The lowest BCUT2D eigenvalue weighted by molar-refractivity contribution is 0.0181. The molecule has 5 heteroatoms. The molecule has 1 aliphatic heterocycles. The van der Waals surface area contributed by atoms with Crippen LogP contribution < -0.4 is 0 Å². The van der Waals surface area contributed by atoms with Crippen LogP contribution in [-0.2, 0) is 4.74 Å². The van der Waals surface area contributed by atoms with Gasteiger partial charge >= 0.3 is 0 Å². The number of aliphatic hydroxyl groups is 4. The third-order valence-electron chi connectivity index (χ3n) is 7.39. The van der Waals surface area contributed by atoms with Crippen molar-refractivity contribution in [3.05, 3.63) is 0 Å². The molecule has 0 radical (unpaired) electrons. The Balaban J connectivity index is 2.08. The van der Waals surface area contributed by atoms with E-state index in [1.807, 2.05) is 13.8 Å². The average Bonchev–Trinajstić information content (AvgIpc) is 3.43. The highest BCUT2D eigenvalue weighted by atomic mass is 16.6. The van der Waals surface area contributed by atoms with Crippen molar-refractivity contribution in [1.29, 1.82) is 0 Å². The normalized spacial score (nSPS) is 25.0. The van der Waals surface area contributed by atoms with E-state index in [4.69, 9.17) is 9.84 Å². The predicted octanol–water partition coefficient (Wildman–Crippen LogP) is 5.22. The van der Waals surface area contributed by atoms with Gasteiger partial charge in [-0.1, -0.05) is 59.8 Å². The SMILES string of the molecule is CCC(O)CC1OC1CC(C)CCCC(C)CC(C)CCCC(C)(O)CCC(O)CCO. The van der Waals surface area contributed by atoms with E-state index < -0.39 is 11.7 Å². The molecular weight excluding hydrogens is 404 g/mol. The van der Waals surface area contributed by atoms with Crippen molar-refractivity contribution < 1.29 is 25.2 Å². The van der Waals surface area contributed by atoms with Gasteiger partial charge in [-0.15, -0.1) is 0 Å². The Morgan fingerprint density at radius 3 is 2.00 bits per heavy atom. The molecule has 1 saturated heterocycles. The van der Waals surface area contributed by atoms with Gasteiger partial charge in [-0.25, -0.2) is 0 Å². The van der Waals surface area contributed by atoms with Crippen molar-refractivity contribution in [3.8, 4) is 0 Å². The van der Waals surface area contributed by atoms with Gasteiger partial charge in [0, 0.05) is 13.0 Å². The molecule has 0 amide bonds. The third-order valence-corrected chi connectivity index (χ3v) is 7.39. The van der Waals surface area contributed by atoms with Gasteiger partial charge < -0.3 is 25.2 Å². The van der Waals surface area contributed by atoms with Gasteiger partial charge in [0.05, 0.1) is 30.0 Å². The van der Waals surface area contributed by atoms with Gasteiger partial charge in [-0.2, -0.15) is 0 Å². The Labute approximate surface area is 198 Å². The van der Waals surface area contributed by atoms with Crippen LogP contribution in [0.5, 0.6) is 0 Å². The molecule has 4 N–H and O–H groups in total. The first-order valence-electron chi connectivity index (χ1n) is 13.4. The molecule has 1 rings (SSSR count). The first kappa shape index (κ1) is 29.8. The molecule has 1 fully saturated rings. The summed E-state index contributed by atoms with van der Waals surface area (Å²) in [6.07, 6.45) is 12.2. The van der Waals surface area contributed by atoms with Gasteiger partial charge in [0.25, 0.3) is 0 Å². The second kappa shape index (κ2) is 15.7. The molecule has 5 nitrogen and oxygen atoms in total. The molecule has 1 aliphatic rings. The summed E-state index contributed by atoms with van der Waals surface area (Å²) >= 11 is 0. The summed E-state index contributed by atoms with van der Waals surface area (Å²) in [4.78, 5) is 0. The molecule has 8 atom stereocenters. The van der Waals surface area contributed by atoms with Crippen LogP contribution in [-0.4, -0.2) is 57.0 Å². The molecule has 0 aromatic carbocycles. The molecule has 32 heavy (non-hydrogen) atoms. The second-order valence-electron chi connectivity index (χ2n) is 11.3. The number of aliphatic hydroxyl groups excluding tert-OH is 3. The Kier molecular flexibility index (Phi) is 14.6. The van der Waals surface area contributed by atoms with Crippen molar-refractivity contribution in [2.45, 2.75) is 148 Å². The summed E-state index contributed by atoms with van der Waals surface area (Å²) in [7, 11) is 0. The maximum Gasteiger partial charge on any atom is 0.0866 e. The van der Waals surface area contributed by atoms with Gasteiger partial charge in [0.15, 0.2) is 0 Å². The van der Waals surface area contributed by atoms with Crippen molar-refractivity contribution in [3.63, 3.8) is 0 Å². The lowest BCUT2D eigenvalue weighted by Gasteiger charge is -2.25. The van der Waals surface area contributed by atoms with E-state index in [1.54, 1.807) is 0 Å². The molecule has 0 saturated carbocycles.